The van der Waals surface area contributed by atoms with Gasteiger partial charge in [-0.15, -0.1) is 11.3 Å². The fourth-order valence-electron chi connectivity index (χ4n) is 2.07. The minimum absolute atomic E-state index is 0.811. The lowest BCUT2D eigenvalue weighted by Gasteiger charge is -1.99. The van der Waals surface area contributed by atoms with Crippen molar-refractivity contribution < 1.29 is 0 Å². The first-order chi connectivity index (χ1) is 9.90. The van der Waals surface area contributed by atoms with E-state index in [1.54, 1.807) is 29.4 Å². The highest BCUT2D eigenvalue weighted by Crippen LogP contribution is 2.30. The first-order valence-corrected chi connectivity index (χ1v) is 8.00. The minimum atomic E-state index is 0.811. The molecule has 0 aliphatic rings. The summed E-state index contributed by atoms with van der Waals surface area (Å²) in [5.41, 5.74) is 3.05. The van der Waals surface area contributed by atoms with Crippen LogP contribution in [0.1, 0.15) is 5.69 Å². The molecule has 0 aromatic carbocycles. The number of pyridine rings is 1. The molecular weight excluding hydrogens is 288 g/mol. The van der Waals surface area contributed by atoms with Crippen molar-refractivity contribution in [2.45, 2.75) is 10.8 Å². The molecule has 0 atom stereocenters. The highest BCUT2D eigenvalue weighted by atomic mass is 32.2. The molecule has 0 N–H and O–H groups in total. The van der Waals surface area contributed by atoms with Gasteiger partial charge >= 0.3 is 0 Å². The van der Waals surface area contributed by atoms with Crippen LogP contribution < -0.4 is 0 Å². The Bertz CT molecular complexity index is 848. The van der Waals surface area contributed by atoms with Gasteiger partial charge in [0.1, 0.15) is 17.0 Å². The Labute approximate surface area is 123 Å². The summed E-state index contributed by atoms with van der Waals surface area (Å²) in [4.78, 5) is 13.2. The van der Waals surface area contributed by atoms with E-state index in [1.807, 2.05) is 40.2 Å². The summed E-state index contributed by atoms with van der Waals surface area (Å²) >= 11 is 3.39. The van der Waals surface area contributed by atoms with E-state index in [1.165, 1.54) is 0 Å². The van der Waals surface area contributed by atoms with Crippen molar-refractivity contribution in [3.63, 3.8) is 0 Å². The lowest BCUT2D eigenvalue weighted by molar-refractivity contribution is 1.10. The molecule has 0 radical (unpaired) electrons. The number of rotatable bonds is 3. The normalized spacial score (nSPS) is 11.4. The molecule has 4 rings (SSSR count). The molecule has 20 heavy (non-hydrogen) atoms. The van der Waals surface area contributed by atoms with Crippen molar-refractivity contribution in [1.82, 2.24) is 19.4 Å². The molecule has 4 nitrogen and oxygen atoms in total. The van der Waals surface area contributed by atoms with Gasteiger partial charge in [-0.2, -0.15) is 0 Å². The highest BCUT2D eigenvalue weighted by molar-refractivity contribution is 7.98. The van der Waals surface area contributed by atoms with Crippen LogP contribution in [-0.4, -0.2) is 19.4 Å². The monoisotopic (exact) mass is 298 g/mol. The molecule has 4 heterocycles. The molecule has 0 saturated heterocycles. The van der Waals surface area contributed by atoms with Crippen LogP contribution in [0.4, 0.5) is 0 Å². The Kier molecular flexibility index (Phi) is 2.90. The van der Waals surface area contributed by atoms with E-state index in [-0.39, 0.29) is 0 Å². The van der Waals surface area contributed by atoms with Gasteiger partial charge in [0.05, 0.1) is 15.9 Å². The third kappa shape index (κ3) is 2.07. The van der Waals surface area contributed by atoms with Gasteiger partial charge in [0, 0.05) is 18.1 Å². The summed E-state index contributed by atoms with van der Waals surface area (Å²) in [5, 5.41) is 3.08. The Morgan fingerprint density at radius 2 is 2.20 bits per heavy atom. The summed E-state index contributed by atoms with van der Waals surface area (Å²) in [6.45, 7) is 0. The second-order valence-electron chi connectivity index (χ2n) is 4.30. The zero-order chi connectivity index (χ0) is 13.4. The van der Waals surface area contributed by atoms with Gasteiger partial charge in [0.15, 0.2) is 0 Å². The molecular formula is C14H10N4S2. The smallest absolute Gasteiger partial charge is 0.137 e. The Morgan fingerprint density at radius 1 is 1.20 bits per heavy atom. The van der Waals surface area contributed by atoms with Crippen LogP contribution in [0, 0.1) is 0 Å². The molecule has 0 spiro atoms. The van der Waals surface area contributed by atoms with E-state index < -0.39 is 0 Å². The average molecular weight is 298 g/mol. The second-order valence-corrected chi connectivity index (χ2v) is 6.18. The largest absolute Gasteiger partial charge is 0.307 e. The van der Waals surface area contributed by atoms with Crippen LogP contribution in [0.3, 0.4) is 0 Å². The topological polar surface area (TPSA) is 43.1 Å². The van der Waals surface area contributed by atoms with Gasteiger partial charge in [0.2, 0.25) is 0 Å². The fourth-order valence-corrected chi connectivity index (χ4v) is 3.90. The van der Waals surface area contributed by atoms with Crippen LogP contribution >= 0.6 is 23.1 Å². The van der Waals surface area contributed by atoms with Gasteiger partial charge < -0.3 is 4.40 Å². The van der Waals surface area contributed by atoms with Gasteiger partial charge in [-0.3, -0.25) is 0 Å². The maximum absolute atomic E-state index is 4.60. The molecule has 0 amide bonds. The summed E-state index contributed by atoms with van der Waals surface area (Å²) in [6, 6.07) is 8.04. The Hall–Kier alpha value is -1.92. The van der Waals surface area contributed by atoms with Gasteiger partial charge in [-0.05, 0) is 23.6 Å². The first kappa shape index (κ1) is 11.9. The molecule has 4 aromatic rings. The van der Waals surface area contributed by atoms with Gasteiger partial charge in [-0.25, -0.2) is 15.0 Å². The Balaban J connectivity index is 1.62. The zero-order valence-corrected chi connectivity index (χ0v) is 12.1. The van der Waals surface area contributed by atoms with Crippen molar-refractivity contribution in [3.8, 4) is 0 Å². The molecule has 0 aliphatic carbocycles. The second kappa shape index (κ2) is 4.88. The predicted octanol–water partition coefficient (Wildman–Crippen LogP) is 3.63. The molecule has 0 saturated carbocycles. The number of aromatic nitrogens is 4. The van der Waals surface area contributed by atoms with Crippen LogP contribution in [0.25, 0.3) is 15.9 Å². The van der Waals surface area contributed by atoms with E-state index in [2.05, 4.69) is 21.1 Å². The lowest BCUT2D eigenvalue weighted by atomic mass is 10.5. The van der Waals surface area contributed by atoms with Gasteiger partial charge in [-0.1, -0.05) is 17.8 Å². The third-order valence-electron chi connectivity index (χ3n) is 2.98. The van der Waals surface area contributed by atoms with E-state index in [9.17, 15) is 0 Å². The molecule has 0 bridgehead atoms. The van der Waals surface area contributed by atoms with E-state index in [0.717, 1.165) is 32.3 Å². The highest BCUT2D eigenvalue weighted by Gasteiger charge is 2.07. The summed E-state index contributed by atoms with van der Waals surface area (Å²) in [7, 11) is 0. The van der Waals surface area contributed by atoms with Crippen molar-refractivity contribution in [2.24, 2.45) is 0 Å². The van der Waals surface area contributed by atoms with Crippen LogP contribution in [0.15, 0.2) is 53.4 Å². The summed E-state index contributed by atoms with van der Waals surface area (Å²) in [6.07, 6.45) is 5.70. The number of hydrogen-bond donors (Lipinski definition) is 0. The number of hydrogen-bond acceptors (Lipinski definition) is 5. The number of thiophene rings is 1. The van der Waals surface area contributed by atoms with E-state index >= 15 is 0 Å². The van der Waals surface area contributed by atoms with E-state index in [0.29, 0.717) is 0 Å². The first-order valence-electron chi connectivity index (χ1n) is 6.14. The predicted molar refractivity (Wildman–Crippen MR) is 82.2 cm³/mol. The molecule has 0 fully saturated rings. The van der Waals surface area contributed by atoms with Crippen molar-refractivity contribution >= 4 is 39.0 Å². The molecule has 0 aliphatic heterocycles. The standard InChI is InChI=1S/C14H10N4S2/c1-2-5-18-7-10(17-12(18)3-1)8-20-14-13-11(4-6-19-13)15-9-16-14/h1-7,9H,8H2. The summed E-state index contributed by atoms with van der Waals surface area (Å²) in [5.74, 6) is 0.811. The van der Waals surface area contributed by atoms with Crippen molar-refractivity contribution in [2.75, 3.05) is 0 Å². The summed E-state index contributed by atoms with van der Waals surface area (Å²) < 4.78 is 3.19. The maximum atomic E-state index is 4.60. The third-order valence-corrected chi connectivity index (χ3v) is 5.04. The van der Waals surface area contributed by atoms with Crippen molar-refractivity contribution in [1.29, 1.82) is 0 Å². The number of thioether (sulfide) groups is 1. The number of fused-ring (bicyclic) bond motifs is 2. The number of nitrogens with zero attached hydrogens (tertiary/aromatic N) is 4. The molecule has 98 valence electrons. The van der Waals surface area contributed by atoms with Crippen LogP contribution in [0.5, 0.6) is 0 Å². The number of imidazole rings is 1. The van der Waals surface area contributed by atoms with Crippen LogP contribution in [0.2, 0.25) is 0 Å². The van der Waals surface area contributed by atoms with Gasteiger partial charge in [0.25, 0.3) is 0 Å². The Morgan fingerprint density at radius 3 is 3.15 bits per heavy atom. The zero-order valence-electron chi connectivity index (χ0n) is 10.4. The minimum Gasteiger partial charge on any atom is -0.307 e. The molecule has 6 heteroatoms. The fraction of sp³-hybridized carbons (Fsp3) is 0.0714. The lowest BCUT2D eigenvalue weighted by Crippen LogP contribution is -1.85. The maximum Gasteiger partial charge on any atom is 0.137 e. The molecule has 0 unspecified atom stereocenters. The van der Waals surface area contributed by atoms with Crippen LogP contribution in [-0.2, 0) is 5.75 Å². The quantitative estimate of drug-likeness (QED) is 0.428. The van der Waals surface area contributed by atoms with Crippen molar-refractivity contribution in [3.05, 3.63) is 54.1 Å². The average Bonchev–Trinajstić information content (AvgIpc) is 3.11. The SMILES string of the molecule is c1ccn2cc(CSc3ncnc4ccsc34)nc2c1. The molecule has 4 aromatic heterocycles. The van der Waals surface area contributed by atoms with E-state index in [4.69, 9.17) is 0 Å².